The van der Waals surface area contributed by atoms with E-state index in [4.69, 9.17) is 16.3 Å². The molecule has 1 aromatic heterocycles. The number of amides is 3. The molecule has 0 spiro atoms. The van der Waals surface area contributed by atoms with Gasteiger partial charge < -0.3 is 15.0 Å². The summed E-state index contributed by atoms with van der Waals surface area (Å²) in [6.45, 7) is -0.244. The van der Waals surface area contributed by atoms with Gasteiger partial charge >= 0.3 is 4.87 Å². The number of carbonyl (C=O) groups is 3. The molecule has 8 rings (SSSR count). The number of thioether (sulfide) groups is 1. The van der Waals surface area contributed by atoms with Crippen LogP contribution < -0.4 is 19.8 Å². The lowest BCUT2D eigenvalue weighted by Gasteiger charge is -2.43. The van der Waals surface area contributed by atoms with Crippen LogP contribution >= 0.6 is 34.7 Å². The van der Waals surface area contributed by atoms with Crippen LogP contribution in [-0.4, -0.2) is 34.6 Å². The average molecular weight is 662 g/mol. The first-order valence-electron chi connectivity index (χ1n) is 14.6. The van der Waals surface area contributed by atoms with E-state index in [1.165, 1.54) is 29.2 Å². The highest BCUT2D eigenvalue weighted by Gasteiger charge is 2.69. The van der Waals surface area contributed by atoms with Gasteiger partial charge in [0.15, 0.2) is 6.61 Å². The Kier molecular flexibility index (Phi) is 6.88. The number of hydrogen-bond acceptors (Lipinski definition) is 7. The number of rotatable bonds is 6. The third-order valence-corrected chi connectivity index (χ3v) is 12.4. The molecule has 1 saturated heterocycles. The highest BCUT2D eigenvalue weighted by molar-refractivity contribution is 8.00. The summed E-state index contributed by atoms with van der Waals surface area (Å²) in [6, 6.07) is 19.8. The predicted molar refractivity (Wildman–Crippen MR) is 169 cm³/mol. The Bertz CT molecular complexity index is 1920. The van der Waals surface area contributed by atoms with E-state index >= 15 is 0 Å². The minimum Gasteiger partial charge on any atom is -0.483 e. The lowest BCUT2D eigenvalue weighted by molar-refractivity contribution is -0.123. The van der Waals surface area contributed by atoms with E-state index in [0.717, 1.165) is 26.8 Å². The van der Waals surface area contributed by atoms with E-state index in [-0.39, 0.29) is 58.1 Å². The van der Waals surface area contributed by atoms with Crippen LogP contribution in [0.1, 0.15) is 22.8 Å². The lowest BCUT2D eigenvalue weighted by atomic mass is 9.68. The highest BCUT2D eigenvalue weighted by Crippen LogP contribution is 2.69. The molecule has 45 heavy (non-hydrogen) atoms. The maximum atomic E-state index is 13.9. The SMILES string of the molecule is O=C(COc1ccc(Cl)cc1[C@H]1c2sc(=O)[nH]c2SC2C1[C@H]1C[C@@H]2C2C(=O)N(c3ccc(F)cc3)C(=O)C21)Nc1ccccc1. The first-order chi connectivity index (χ1) is 21.8. The number of nitrogens with zero attached hydrogens (tertiary/aromatic N) is 1. The van der Waals surface area contributed by atoms with Gasteiger partial charge in [-0.15, -0.1) is 11.8 Å². The lowest BCUT2D eigenvalue weighted by Crippen LogP contribution is -2.42. The summed E-state index contributed by atoms with van der Waals surface area (Å²) in [5.74, 6) is -2.49. The maximum absolute atomic E-state index is 13.9. The van der Waals surface area contributed by atoms with Gasteiger partial charge in [0, 0.05) is 32.3 Å². The van der Waals surface area contributed by atoms with Gasteiger partial charge in [-0.3, -0.25) is 24.1 Å². The van der Waals surface area contributed by atoms with Crippen LogP contribution in [0.5, 0.6) is 5.75 Å². The number of carbonyl (C=O) groups excluding carboxylic acids is 3. The number of nitrogens with one attached hydrogen (secondary N) is 2. The van der Waals surface area contributed by atoms with Crippen molar-refractivity contribution >= 4 is 63.8 Å². The molecule has 2 bridgehead atoms. The van der Waals surface area contributed by atoms with Gasteiger partial charge in [0.25, 0.3) is 5.91 Å². The number of anilines is 2. The second kappa shape index (κ2) is 10.9. The molecule has 3 aromatic carbocycles. The molecule has 3 fully saturated rings. The third kappa shape index (κ3) is 4.62. The van der Waals surface area contributed by atoms with E-state index < -0.39 is 17.7 Å². The predicted octanol–water partition coefficient (Wildman–Crippen LogP) is 5.92. The van der Waals surface area contributed by atoms with Crippen molar-refractivity contribution in [2.45, 2.75) is 22.6 Å². The van der Waals surface area contributed by atoms with Gasteiger partial charge in [-0.05, 0) is 78.8 Å². The van der Waals surface area contributed by atoms with Crippen LogP contribution in [-0.2, 0) is 14.4 Å². The Balaban J connectivity index is 1.15. The van der Waals surface area contributed by atoms with Crippen molar-refractivity contribution in [3.8, 4) is 5.75 Å². The van der Waals surface area contributed by atoms with E-state index in [1.807, 2.05) is 24.3 Å². The monoisotopic (exact) mass is 661 g/mol. The van der Waals surface area contributed by atoms with Gasteiger partial charge in [-0.25, -0.2) is 4.39 Å². The van der Waals surface area contributed by atoms with Gasteiger partial charge in [0.1, 0.15) is 11.6 Å². The molecule has 8 nitrogen and oxygen atoms in total. The van der Waals surface area contributed by atoms with Crippen LogP contribution in [0.3, 0.4) is 0 Å². The normalized spacial score (nSPS) is 27.7. The number of ether oxygens (including phenoxy) is 1. The molecule has 3 amide bonds. The number of halogens is 2. The molecule has 2 N–H and O–H groups in total. The summed E-state index contributed by atoms with van der Waals surface area (Å²) in [5, 5.41) is 4.00. The van der Waals surface area contributed by atoms with Crippen LogP contribution in [0.2, 0.25) is 5.02 Å². The smallest absolute Gasteiger partial charge is 0.305 e. The van der Waals surface area contributed by atoms with Crippen molar-refractivity contribution in [1.82, 2.24) is 4.98 Å². The zero-order valence-corrected chi connectivity index (χ0v) is 25.8. The van der Waals surface area contributed by atoms with Crippen molar-refractivity contribution in [3.05, 3.63) is 104 Å². The van der Waals surface area contributed by atoms with Crippen LogP contribution in [0, 0.1) is 35.4 Å². The van der Waals surface area contributed by atoms with Gasteiger partial charge in [0.05, 0.1) is 22.5 Å². The summed E-state index contributed by atoms with van der Waals surface area (Å²) < 4.78 is 19.8. The molecule has 3 heterocycles. The third-order valence-electron chi connectivity index (χ3n) is 9.53. The fraction of sp³-hybridized carbons (Fsp3) is 0.273. The summed E-state index contributed by atoms with van der Waals surface area (Å²) in [7, 11) is 0. The van der Waals surface area contributed by atoms with Gasteiger partial charge in [0.2, 0.25) is 11.8 Å². The minimum atomic E-state index is -0.519. The number of aromatic nitrogens is 1. The number of fused-ring (bicyclic) bond motifs is 9. The number of aromatic amines is 1. The number of hydrogen-bond donors (Lipinski definition) is 2. The van der Waals surface area contributed by atoms with Gasteiger partial charge in [-0.2, -0.15) is 0 Å². The molecule has 2 saturated carbocycles. The van der Waals surface area contributed by atoms with E-state index in [1.54, 1.807) is 36.0 Å². The fourth-order valence-corrected chi connectivity index (χ4v) is 11.0. The van der Waals surface area contributed by atoms with Crippen LogP contribution in [0.15, 0.2) is 82.6 Å². The summed E-state index contributed by atoms with van der Waals surface area (Å²) in [4.78, 5) is 58.1. The van der Waals surface area contributed by atoms with Crippen LogP contribution in [0.4, 0.5) is 15.8 Å². The van der Waals surface area contributed by atoms with Crippen molar-refractivity contribution in [2.24, 2.45) is 29.6 Å². The van der Waals surface area contributed by atoms with Gasteiger partial charge in [-0.1, -0.05) is 41.1 Å². The topological polar surface area (TPSA) is 109 Å². The number of benzene rings is 3. The standard InChI is InChI=1S/C33H25ClFN3O5S2/c34-15-6-11-22(43-14-23(39)36-17-4-2-1-3-5-17)19(12-15)24-25-20-13-21(28(25)44-30-29(24)45-33(42)37-30)27-26(20)31(40)38(32(27)41)18-9-7-16(35)8-10-18/h1-12,20-21,24-28H,13-14H2,(H,36,39)(H,37,42)/t20-,21-,24-,25?,26?,27?,28?/m1/s1. The quantitative estimate of drug-likeness (QED) is 0.248. The first kappa shape index (κ1) is 28.5. The molecule has 12 heteroatoms. The zero-order chi connectivity index (χ0) is 31.0. The highest BCUT2D eigenvalue weighted by atomic mass is 35.5. The maximum Gasteiger partial charge on any atom is 0.305 e. The first-order valence-corrected chi connectivity index (χ1v) is 16.7. The Morgan fingerprint density at radius 1 is 1.00 bits per heavy atom. The molecule has 2 aliphatic carbocycles. The number of para-hydroxylation sites is 1. The van der Waals surface area contributed by atoms with Crippen molar-refractivity contribution in [3.63, 3.8) is 0 Å². The second-order valence-corrected chi connectivity index (χ2v) is 14.5. The van der Waals surface area contributed by atoms with E-state index in [2.05, 4.69) is 10.3 Å². The Morgan fingerprint density at radius 2 is 1.73 bits per heavy atom. The molecular weight excluding hydrogens is 637 g/mol. The molecule has 4 unspecified atom stereocenters. The fourth-order valence-electron chi connectivity index (χ4n) is 7.97. The second-order valence-electron chi connectivity index (χ2n) is 11.8. The molecule has 0 radical (unpaired) electrons. The molecular formula is C33H25ClFN3O5S2. The van der Waals surface area contributed by atoms with E-state index in [0.29, 0.717) is 28.6 Å². The summed E-state index contributed by atoms with van der Waals surface area (Å²) in [6.07, 6.45) is 0.707. The molecule has 228 valence electrons. The zero-order valence-electron chi connectivity index (χ0n) is 23.4. The Morgan fingerprint density at radius 3 is 2.49 bits per heavy atom. The number of imide groups is 1. The number of thiazole rings is 1. The van der Waals surface area contributed by atoms with Crippen LogP contribution in [0.25, 0.3) is 0 Å². The van der Waals surface area contributed by atoms with Crippen molar-refractivity contribution < 1.29 is 23.5 Å². The summed E-state index contributed by atoms with van der Waals surface area (Å²) in [5.41, 5.74) is 1.76. The minimum absolute atomic E-state index is 0.0443. The van der Waals surface area contributed by atoms with E-state index in [9.17, 15) is 23.6 Å². The Labute approximate surface area is 269 Å². The number of H-pyrrole nitrogens is 1. The molecule has 4 aromatic rings. The summed E-state index contributed by atoms with van der Waals surface area (Å²) >= 11 is 9.26. The molecule has 4 aliphatic rings. The Hall–Kier alpha value is -3.93. The largest absolute Gasteiger partial charge is 0.483 e. The molecule has 2 aliphatic heterocycles. The van der Waals surface area contributed by atoms with Crippen molar-refractivity contribution in [2.75, 3.05) is 16.8 Å². The average Bonchev–Trinajstić information content (AvgIpc) is 3.76. The van der Waals surface area contributed by atoms with Crippen molar-refractivity contribution in [1.29, 1.82) is 0 Å². The molecule has 7 atom stereocenters.